The van der Waals surface area contributed by atoms with E-state index in [0.717, 1.165) is 0 Å². The van der Waals surface area contributed by atoms with Gasteiger partial charge in [0, 0.05) is 11.6 Å². The zero-order valence-electron chi connectivity index (χ0n) is 14.5. The molecule has 128 valence electrons. The van der Waals surface area contributed by atoms with E-state index in [-0.39, 0.29) is 11.9 Å². The molecule has 1 N–H and O–H groups in total. The number of benzene rings is 2. The first-order valence-electron chi connectivity index (χ1n) is 7.81. The van der Waals surface area contributed by atoms with Crippen LogP contribution in [0.3, 0.4) is 0 Å². The quantitative estimate of drug-likeness (QED) is 0.855. The second-order valence-corrected chi connectivity index (χ2v) is 6.29. The summed E-state index contributed by atoms with van der Waals surface area (Å²) in [4.78, 5) is 14.6. The van der Waals surface area contributed by atoms with E-state index in [4.69, 9.17) is 16.3 Å². The van der Waals surface area contributed by atoms with E-state index in [2.05, 4.69) is 24.4 Å². The monoisotopic (exact) mass is 346 g/mol. The van der Waals surface area contributed by atoms with Gasteiger partial charge in [0.15, 0.2) is 0 Å². The van der Waals surface area contributed by atoms with E-state index in [0.29, 0.717) is 23.0 Å². The Morgan fingerprint density at radius 1 is 1.29 bits per heavy atom. The van der Waals surface area contributed by atoms with Crippen LogP contribution in [0, 0.1) is 6.92 Å². The molecule has 0 bridgehead atoms. The van der Waals surface area contributed by atoms with E-state index in [1.54, 1.807) is 25.3 Å². The largest absolute Gasteiger partial charge is 0.495 e. The molecule has 0 aromatic heterocycles. The van der Waals surface area contributed by atoms with Crippen molar-refractivity contribution in [3.05, 3.63) is 58.6 Å². The lowest BCUT2D eigenvalue weighted by Crippen LogP contribution is -2.39. The third kappa shape index (κ3) is 4.49. The van der Waals surface area contributed by atoms with Gasteiger partial charge in [-0.1, -0.05) is 35.9 Å². The predicted molar refractivity (Wildman–Crippen MR) is 98.7 cm³/mol. The van der Waals surface area contributed by atoms with Gasteiger partial charge in [-0.05, 0) is 50.2 Å². The van der Waals surface area contributed by atoms with Crippen LogP contribution in [0.4, 0.5) is 5.69 Å². The molecule has 0 aliphatic carbocycles. The van der Waals surface area contributed by atoms with Crippen LogP contribution in [0.2, 0.25) is 5.02 Å². The van der Waals surface area contributed by atoms with Gasteiger partial charge in [-0.2, -0.15) is 0 Å². The van der Waals surface area contributed by atoms with Crippen LogP contribution < -0.4 is 10.1 Å². The molecule has 1 amide bonds. The number of likely N-dealkylation sites (N-methyl/N-ethyl adjacent to an activating group) is 1. The number of hydrogen-bond acceptors (Lipinski definition) is 3. The van der Waals surface area contributed by atoms with Crippen molar-refractivity contribution in [2.75, 3.05) is 19.5 Å². The van der Waals surface area contributed by atoms with Crippen LogP contribution in [0.5, 0.6) is 5.75 Å². The number of nitrogens with one attached hydrogen (secondary N) is 1. The van der Waals surface area contributed by atoms with Crippen LogP contribution in [0.25, 0.3) is 0 Å². The molecule has 24 heavy (non-hydrogen) atoms. The summed E-state index contributed by atoms with van der Waals surface area (Å²) in [5.74, 6) is 0.480. The average Bonchev–Trinajstić information content (AvgIpc) is 2.56. The van der Waals surface area contributed by atoms with Crippen LogP contribution in [0.1, 0.15) is 18.1 Å². The molecule has 0 saturated carbocycles. The maximum Gasteiger partial charge on any atom is 0.241 e. The van der Waals surface area contributed by atoms with Gasteiger partial charge in [0.05, 0.1) is 18.8 Å². The maximum absolute atomic E-state index is 12.6. The fraction of sp³-hybridized carbons (Fsp3) is 0.316. The van der Waals surface area contributed by atoms with Crippen LogP contribution >= 0.6 is 11.6 Å². The molecule has 0 heterocycles. The SMILES string of the molecule is COc1ccc(Cl)cc1NC(=O)[C@@H](C)N(C)Cc1ccccc1C. The zero-order valence-corrected chi connectivity index (χ0v) is 15.2. The molecule has 2 aromatic rings. The second-order valence-electron chi connectivity index (χ2n) is 5.85. The van der Waals surface area contributed by atoms with Crippen molar-refractivity contribution in [3.63, 3.8) is 0 Å². The van der Waals surface area contributed by atoms with Crippen molar-refractivity contribution in [3.8, 4) is 5.75 Å². The Morgan fingerprint density at radius 3 is 2.67 bits per heavy atom. The van der Waals surface area contributed by atoms with Crippen molar-refractivity contribution in [2.45, 2.75) is 26.4 Å². The zero-order chi connectivity index (χ0) is 17.7. The first kappa shape index (κ1) is 18.3. The Labute approximate surface area is 148 Å². The highest BCUT2D eigenvalue weighted by molar-refractivity contribution is 6.31. The van der Waals surface area contributed by atoms with Gasteiger partial charge in [-0.15, -0.1) is 0 Å². The molecule has 2 aromatic carbocycles. The maximum atomic E-state index is 12.6. The van der Waals surface area contributed by atoms with Crippen molar-refractivity contribution in [1.82, 2.24) is 4.90 Å². The lowest BCUT2D eigenvalue weighted by Gasteiger charge is -2.25. The Kier molecular flexibility index (Phi) is 6.23. The molecular formula is C19H23ClN2O2. The summed E-state index contributed by atoms with van der Waals surface area (Å²) in [5, 5.41) is 3.44. The molecular weight excluding hydrogens is 324 g/mol. The Morgan fingerprint density at radius 2 is 2.00 bits per heavy atom. The minimum Gasteiger partial charge on any atom is -0.495 e. The van der Waals surface area contributed by atoms with Crippen molar-refractivity contribution >= 4 is 23.2 Å². The average molecular weight is 347 g/mol. The molecule has 0 saturated heterocycles. The number of amides is 1. The lowest BCUT2D eigenvalue weighted by atomic mass is 10.1. The normalized spacial score (nSPS) is 12.1. The highest BCUT2D eigenvalue weighted by Gasteiger charge is 2.20. The number of carbonyl (C=O) groups excluding carboxylic acids is 1. The summed E-state index contributed by atoms with van der Waals surface area (Å²) in [6.07, 6.45) is 0. The highest BCUT2D eigenvalue weighted by Crippen LogP contribution is 2.28. The number of anilines is 1. The van der Waals surface area contributed by atoms with Gasteiger partial charge in [-0.3, -0.25) is 9.69 Å². The van der Waals surface area contributed by atoms with Crippen molar-refractivity contribution in [1.29, 1.82) is 0 Å². The summed E-state index contributed by atoms with van der Waals surface area (Å²) >= 11 is 6.01. The van der Waals surface area contributed by atoms with E-state index in [1.165, 1.54) is 11.1 Å². The molecule has 2 rings (SSSR count). The van der Waals surface area contributed by atoms with Gasteiger partial charge in [-0.25, -0.2) is 0 Å². The number of methoxy groups -OCH3 is 1. The summed E-state index contributed by atoms with van der Waals surface area (Å²) in [7, 11) is 3.50. The molecule has 0 aliphatic rings. The first-order chi connectivity index (χ1) is 11.4. The third-order valence-electron chi connectivity index (χ3n) is 4.14. The van der Waals surface area contributed by atoms with Gasteiger partial charge in [0.25, 0.3) is 0 Å². The number of rotatable bonds is 6. The molecule has 5 heteroatoms. The minimum absolute atomic E-state index is 0.105. The summed E-state index contributed by atoms with van der Waals surface area (Å²) < 4.78 is 5.27. The fourth-order valence-electron chi connectivity index (χ4n) is 2.41. The molecule has 1 atom stereocenters. The van der Waals surface area contributed by atoms with Crippen LogP contribution in [-0.2, 0) is 11.3 Å². The summed E-state index contributed by atoms with van der Waals surface area (Å²) in [5.41, 5.74) is 3.00. The highest BCUT2D eigenvalue weighted by atomic mass is 35.5. The number of nitrogens with zero attached hydrogens (tertiary/aromatic N) is 1. The van der Waals surface area contributed by atoms with Gasteiger partial charge in [0.1, 0.15) is 5.75 Å². The van der Waals surface area contributed by atoms with E-state index in [1.807, 2.05) is 31.0 Å². The summed E-state index contributed by atoms with van der Waals surface area (Å²) in [6, 6.07) is 13.0. The lowest BCUT2D eigenvalue weighted by molar-refractivity contribution is -0.120. The number of aryl methyl sites for hydroxylation is 1. The van der Waals surface area contributed by atoms with Gasteiger partial charge < -0.3 is 10.1 Å². The van der Waals surface area contributed by atoms with E-state index in [9.17, 15) is 4.79 Å². The standard InChI is InChI=1S/C19H23ClN2O2/c1-13-7-5-6-8-15(13)12-22(3)14(2)19(23)21-17-11-16(20)9-10-18(17)24-4/h5-11,14H,12H2,1-4H3,(H,21,23)/t14-/m1/s1. The Bertz CT molecular complexity index is 718. The van der Waals surface area contributed by atoms with Crippen molar-refractivity contribution < 1.29 is 9.53 Å². The smallest absolute Gasteiger partial charge is 0.241 e. The van der Waals surface area contributed by atoms with E-state index >= 15 is 0 Å². The topological polar surface area (TPSA) is 41.6 Å². The van der Waals surface area contributed by atoms with Crippen LogP contribution in [0.15, 0.2) is 42.5 Å². The molecule has 0 unspecified atom stereocenters. The molecule has 4 nitrogen and oxygen atoms in total. The third-order valence-corrected chi connectivity index (χ3v) is 4.38. The number of carbonyl (C=O) groups is 1. The van der Waals surface area contributed by atoms with Crippen LogP contribution in [-0.4, -0.2) is 31.0 Å². The van der Waals surface area contributed by atoms with E-state index < -0.39 is 0 Å². The predicted octanol–water partition coefficient (Wildman–Crippen LogP) is 4.12. The molecule has 0 radical (unpaired) electrons. The summed E-state index contributed by atoms with van der Waals surface area (Å²) in [6.45, 7) is 4.66. The minimum atomic E-state index is -0.298. The van der Waals surface area contributed by atoms with Crippen molar-refractivity contribution in [2.24, 2.45) is 0 Å². The Hall–Kier alpha value is -2.04. The molecule has 0 aliphatic heterocycles. The second kappa shape index (κ2) is 8.18. The number of hydrogen-bond donors (Lipinski definition) is 1. The van der Waals surface area contributed by atoms with Gasteiger partial charge in [0.2, 0.25) is 5.91 Å². The first-order valence-corrected chi connectivity index (χ1v) is 8.19. The number of halogens is 1. The Balaban J connectivity index is 2.06. The molecule has 0 spiro atoms. The fourth-order valence-corrected chi connectivity index (χ4v) is 2.58. The molecule has 0 fully saturated rings. The number of ether oxygens (including phenoxy) is 1. The van der Waals surface area contributed by atoms with Gasteiger partial charge >= 0.3 is 0 Å².